The predicted octanol–water partition coefficient (Wildman–Crippen LogP) is 14.7. The summed E-state index contributed by atoms with van der Waals surface area (Å²) in [6.07, 6.45) is 4.52. The van der Waals surface area contributed by atoms with Crippen LogP contribution in [0.25, 0.3) is 77.0 Å². The van der Waals surface area contributed by atoms with Gasteiger partial charge in [-0.1, -0.05) is 158 Å². The number of nitrogens with zero attached hydrogens (tertiary/aromatic N) is 3. The molecule has 3 heterocycles. The summed E-state index contributed by atoms with van der Waals surface area (Å²) in [5.41, 5.74) is 12.1. The van der Waals surface area contributed by atoms with Gasteiger partial charge in [-0.15, -0.1) is 0 Å². The van der Waals surface area contributed by atoms with E-state index in [4.69, 9.17) is 18.8 Å². The van der Waals surface area contributed by atoms with Crippen LogP contribution in [0.1, 0.15) is 29.2 Å². The maximum Gasteiger partial charge on any atom is 0.161 e. The average Bonchev–Trinajstić information content (AvgIpc) is 4.02. The minimum atomic E-state index is 0.121. The Labute approximate surface area is 363 Å². The van der Waals surface area contributed by atoms with E-state index in [2.05, 4.69) is 120 Å². The number of benzene rings is 8. The number of nitrogens with one attached hydrogen (secondary N) is 1. The highest BCUT2D eigenvalue weighted by atomic mass is 16.3. The lowest BCUT2D eigenvalue weighted by Gasteiger charge is -2.19. The predicted molar refractivity (Wildman–Crippen MR) is 262 cm³/mol. The molecule has 0 aliphatic rings. The van der Waals surface area contributed by atoms with Gasteiger partial charge in [-0.2, -0.15) is 0 Å². The fourth-order valence-electron chi connectivity index (χ4n) is 8.79. The molecule has 0 atom stereocenters. The highest BCUT2D eigenvalue weighted by molar-refractivity contribution is 6.28. The molecule has 6 heteroatoms. The largest absolute Gasteiger partial charge is 0.456 e. The Morgan fingerprint density at radius 1 is 0.540 bits per heavy atom. The summed E-state index contributed by atoms with van der Waals surface area (Å²) in [5.74, 6) is 0.584. The molecule has 0 amide bonds. The van der Waals surface area contributed by atoms with Crippen molar-refractivity contribution in [2.75, 3.05) is 0 Å². The van der Waals surface area contributed by atoms with Crippen LogP contribution in [0, 0.1) is 5.41 Å². The van der Waals surface area contributed by atoms with Crippen LogP contribution in [-0.2, 0) is 6.42 Å². The Hall–Kier alpha value is -8.35. The molecule has 11 aromatic rings. The van der Waals surface area contributed by atoms with Gasteiger partial charge in [0.2, 0.25) is 0 Å². The van der Waals surface area contributed by atoms with Crippen molar-refractivity contribution in [2.24, 2.45) is 9.98 Å². The second kappa shape index (κ2) is 15.9. The average molecular weight is 813 g/mol. The standard InChI is InChI=1S/C57H40N4O2/c1-37(56(58)60-57(41-24-12-5-13-25-41)59-36-39-20-8-3-9-21-39)34-46(40-22-10-4-11-23-40)49(35-38-18-6-2-7-19-38)61-47-28-16-14-26-44(47)52-48(61)32-30-42-43-31-33-51-53(55(43)63-54(42)52)45-27-15-17-29-50(45)62-51/h2-34,36,58H,35H2,1H3/b37-34+,49-46-,58-56?,59-36+,60-57-. The van der Waals surface area contributed by atoms with Gasteiger partial charge in [-0.3, -0.25) is 5.41 Å². The van der Waals surface area contributed by atoms with Gasteiger partial charge in [0.05, 0.1) is 21.8 Å². The van der Waals surface area contributed by atoms with Gasteiger partial charge >= 0.3 is 0 Å². The molecule has 0 radical (unpaired) electrons. The Morgan fingerprint density at radius 2 is 1.14 bits per heavy atom. The van der Waals surface area contributed by atoms with Gasteiger partial charge in [0.1, 0.15) is 28.2 Å². The SMILES string of the molecule is C/C(=C\C(=C(/Cc1ccccc1)n1c2ccccc2c2c3oc4c(ccc5oc6ccccc6c54)c3ccc21)c1ccccc1)C(=N)/N=C(\N=C\c1ccccc1)c1ccccc1. The third-order valence-corrected chi connectivity index (χ3v) is 11.8. The smallest absolute Gasteiger partial charge is 0.161 e. The van der Waals surface area contributed by atoms with E-state index in [1.54, 1.807) is 6.21 Å². The number of furan rings is 2. The van der Waals surface area contributed by atoms with Crippen LogP contribution in [0.15, 0.2) is 225 Å². The molecule has 1 N–H and O–H groups in total. The molecule has 63 heavy (non-hydrogen) atoms. The van der Waals surface area contributed by atoms with Crippen LogP contribution in [0.5, 0.6) is 0 Å². The third-order valence-electron chi connectivity index (χ3n) is 11.8. The fourth-order valence-corrected chi connectivity index (χ4v) is 8.79. The first-order valence-electron chi connectivity index (χ1n) is 21.1. The van der Waals surface area contributed by atoms with Gasteiger partial charge < -0.3 is 13.4 Å². The molecule has 0 saturated heterocycles. The van der Waals surface area contributed by atoms with E-state index < -0.39 is 0 Å². The number of hydrogen-bond donors (Lipinski definition) is 1. The highest BCUT2D eigenvalue weighted by Crippen LogP contribution is 2.45. The van der Waals surface area contributed by atoms with Gasteiger partial charge in [0.25, 0.3) is 0 Å². The number of para-hydroxylation sites is 2. The Morgan fingerprint density at radius 3 is 1.89 bits per heavy atom. The van der Waals surface area contributed by atoms with Crippen molar-refractivity contribution >= 4 is 94.8 Å². The molecule has 0 aliphatic heterocycles. The number of rotatable bonds is 8. The summed E-state index contributed by atoms with van der Waals surface area (Å²) >= 11 is 0. The van der Waals surface area contributed by atoms with Crippen LogP contribution in [0.2, 0.25) is 0 Å². The van der Waals surface area contributed by atoms with E-state index in [0.29, 0.717) is 17.8 Å². The molecule has 0 fully saturated rings. The second-order valence-electron chi connectivity index (χ2n) is 15.7. The van der Waals surface area contributed by atoms with Crippen LogP contribution >= 0.6 is 0 Å². The summed E-state index contributed by atoms with van der Waals surface area (Å²) in [6, 6.07) is 66.2. The molecule has 11 rings (SSSR count). The van der Waals surface area contributed by atoms with E-state index >= 15 is 0 Å². The molecule has 3 aromatic heterocycles. The fraction of sp³-hybridized carbons (Fsp3) is 0.0351. The first kappa shape index (κ1) is 37.6. The summed E-state index contributed by atoms with van der Waals surface area (Å²) in [5, 5.41) is 15.7. The lowest BCUT2D eigenvalue weighted by atomic mass is 9.96. The van der Waals surface area contributed by atoms with Gasteiger partial charge in [0, 0.05) is 51.0 Å². The van der Waals surface area contributed by atoms with E-state index in [0.717, 1.165) is 99.2 Å². The Bertz CT molecular complexity index is 3650. The lowest BCUT2D eigenvalue weighted by Crippen LogP contribution is -2.07. The molecule has 300 valence electrons. The van der Waals surface area contributed by atoms with Crippen molar-refractivity contribution < 1.29 is 8.83 Å². The van der Waals surface area contributed by atoms with E-state index in [1.807, 2.05) is 91.9 Å². The minimum Gasteiger partial charge on any atom is -0.456 e. The zero-order chi connectivity index (χ0) is 42.3. The van der Waals surface area contributed by atoms with Crippen molar-refractivity contribution in [1.82, 2.24) is 4.57 Å². The molecule has 0 spiro atoms. The van der Waals surface area contributed by atoms with Crippen LogP contribution in [0.3, 0.4) is 0 Å². The first-order valence-corrected chi connectivity index (χ1v) is 21.1. The number of hydrogen-bond acceptors (Lipinski definition) is 3. The zero-order valence-electron chi connectivity index (χ0n) is 34.5. The van der Waals surface area contributed by atoms with E-state index in [-0.39, 0.29) is 5.84 Å². The first-order chi connectivity index (χ1) is 31.1. The van der Waals surface area contributed by atoms with Gasteiger partial charge in [-0.05, 0) is 71.7 Å². The number of fused-ring (bicyclic) bond motifs is 11. The van der Waals surface area contributed by atoms with Crippen molar-refractivity contribution in [3.8, 4) is 0 Å². The van der Waals surface area contributed by atoms with Crippen LogP contribution < -0.4 is 0 Å². The number of allylic oxidation sites excluding steroid dienone is 3. The third kappa shape index (κ3) is 6.84. The molecular weight excluding hydrogens is 773 g/mol. The number of amidine groups is 2. The molecule has 0 unspecified atom stereocenters. The minimum absolute atomic E-state index is 0.121. The summed E-state index contributed by atoms with van der Waals surface area (Å²) < 4.78 is 15.8. The Kier molecular flexibility index (Phi) is 9.51. The topological polar surface area (TPSA) is 79.8 Å². The van der Waals surface area contributed by atoms with E-state index in [1.165, 1.54) is 0 Å². The monoisotopic (exact) mass is 812 g/mol. The van der Waals surface area contributed by atoms with Gasteiger partial charge in [-0.25, -0.2) is 9.98 Å². The molecule has 8 aromatic carbocycles. The molecule has 0 saturated carbocycles. The van der Waals surface area contributed by atoms with Gasteiger partial charge in [0.15, 0.2) is 5.84 Å². The second-order valence-corrected chi connectivity index (χ2v) is 15.7. The van der Waals surface area contributed by atoms with Crippen LogP contribution in [-0.4, -0.2) is 22.5 Å². The van der Waals surface area contributed by atoms with Crippen molar-refractivity contribution in [2.45, 2.75) is 13.3 Å². The normalized spacial score (nSPS) is 13.0. The molecule has 0 bridgehead atoms. The van der Waals surface area contributed by atoms with Crippen molar-refractivity contribution in [1.29, 1.82) is 5.41 Å². The zero-order valence-corrected chi connectivity index (χ0v) is 34.5. The molecule has 0 aliphatic carbocycles. The molecule has 6 nitrogen and oxygen atoms in total. The lowest BCUT2D eigenvalue weighted by molar-refractivity contribution is 0.664. The maximum atomic E-state index is 9.47. The van der Waals surface area contributed by atoms with E-state index in [9.17, 15) is 5.41 Å². The molecular formula is C57H40N4O2. The number of aliphatic imine (C=N–C) groups is 2. The van der Waals surface area contributed by atoms with Crippen molar-refractivity contribution in [3.05, 3.63) is 228 Å². The quantitative estimate of drug-likeness (QED) is 0.0942. The summed E-state index contributed by atoms with van der Waals surface area (Å²) in [4.78, 5) is 9.71. The maximum absolute atomic E-state index is 9.47. The van der Waals surface area contributed by atoms with Crippen molar-refractivity contribution in [3.63, 3.8) is 0 Å². The highest BCUT2D eigenvalue weighted by Gasteiger charge is 2.24. The Balaban J connectivity index is 1.16. The van der Waals surface area contributed by atoms with Crippen LogP contribution in [0.4, 0.5) is 0 Å². The summed E-state index contributed by atoms with van der Waals surface area (Å²) in [7, 11) is 0. The summed E-state index contributed by atoms with van der Waals surface area (Å²) in [6.45, 7) is 1.96. The number of aromatic nitrogens is 1.